The number of thiazole rings is 1. The van der Waals surface area contributed by atoms with Gasteiger partial charge in [-0.1, -0.05) is 0 Å². The largest absolute Gasteiger partial charge is 0.338 e. The number of aromatic nitrogens is 3. The minimum absolute atomic E-state index is 0.0704. The fourth-order valence-electron chi connectivity index (χ4n) is 3.13. The van der Waals surface area contributed by atoms with E-state index in [1.807, 2.05) is 17.8 Å². The van der Waals surface area contributed by atoms with E-state index in [9.17, 15) is 4.79 Å². The molecule has 6 nitrogen and oxygen atoms in total. The van der Waals surface area contributed by atoms with Crippen LogP contribution in [-0.2, 0) is 24.8 Å². The van der Waals surface area contributed by atoms with E-state index in [1.54, 1.807) is 0 Å². The van der Waals surface area contributed by atoms with Gasteiger partial charge in [-0.05, 0) is 25.3 Å². The summed E-state index contributed by atoms with van der Waals surface area (Å²) in [5, 5.41) is 5.47. The molecule has 0 saturated carbocycles. The predicted octanol–water partition coefficient (Wildman–Crippen LogP) is 2.29. The highest BCUT2D eigenvalue weighted by atomic mass is 32.1. The monoisotopic (exact) mass is 333 g/mol. The van der Waals surface area contributed by atoms with Crippen LogP contribution in [0, 0.1) is 5.92 Å². The number of hydrogen-bond donors (Lipinski definition) is 1. The Morgan fingerprint density at radius 3 is 3.13 bits per heavy atom. The number of imidazole rings is 1. The van der Waals surface area contributed by atoms with E-state index in [2.05, 4.69) is 31.8 Å². The first-order valence-electron chi connectivity index (χ1n) is 8.00. The smallest absolute Gasteiger partial charge is 0.223 e. The van der Waals surface area contributed by atoms with Crippen LogP contribution in [0.5, 0.6) is 0 Å². The summed E-state index contributed by atoms with van der Waals surface area (Å²) in [6.07, 6.45) is 7.40. The Bertz CT molecular complexity index is 665. The van der Waals surface area contributed by atoms with E-state index < -0.39 is 0 Å². The number of likely N-dealkylation sites (tertiary alicyclic amines) is 1. The van der Waals surface area contributed by atoms with Crippen LogP contribution < -0.4 is 5.32 Å². The second-order valence-corrected chi connectivity index (χ2v) is 7.09. The summed E-state index contributed by atoms with van der Waals surface area (Å²) in [5.41, 5.74) is 1.04. The maximum atomic E-state index is 11.1. The molecule has 1 aliphatic heterocycles. The number of piperidine rings is 1. The molecule has 1 N–H and O–H groups in total. The standard InChI is InChI=1S/C16H23N5OS/c1-12(22)18-16-19-14(11-23-16)10-21-6-3-4-13(9-21)8-15-17-5-7-20(15)2/h5,7,11,13H,3-4,6,8-10H2,1-2H3,(H,18,19,22)/t13-/m0/s1. The minimum atomic E-state index is -0.0704. The van der Waals surface area contributed by atoms with E-state index in [4.69, 9.17) is 0 Å². The molecule has 1 amide bonds. The summed E-state index contributed by atoms with van der Waals surface area (Å²) in [4.78, 5) is 22.5. The first-order valence-corrected chi connectivity index (χ1v) is 8.88. The van der Waals surface area contributed by atoms with Crippen molar-refractivity contribution in [1.29, 1.82) is 0 Å². The molecule has 0 unspecified atom stereocenters. The van der Waals surface area contributed by atoms with Crippen molar-refractivity contribution in [2.45, 2.75) is 32.7 Å². The van der Waals surface area contributed by atoms with Crippen molar-refractivity contribution in [3.05, 3.63) is 29.3 Å². The summed E-state index contributed by atoms with van der Waals surface area (Å²) < 4.78 is 2.11. The van der Waals surface area contributed by atoms with E-state index in [0.29, 0.717) is 11.0 Å². The van der Waals surface area contributed by atoms with Gasteiger partial charge in [0.25, 0.3) is 0 Å². The molecule has 1 fully saturated rings. The Labute approximate surface area is 140 Å². The van der Waals surface area contributed by atoms with E-state index in [1.165, 1.54) is 36.9 Å². The third-order valence-corrected chi connectivity index (χ3v) is 5.02. The van der Waals surface area contributed by atoms with Gasteiger partial charge in [-0.2, -0.15) is 0 Å². The number of amides is 1. The van der Waals surface area contributed by atoms with E-state index in [-0.39, 0.29) is 5.91 Å². The van der Waals surface area contributed by atoms with Crippen LogP contribution in [0.1, 0.15) is 31.3 Å². The Balaban J connectivity index is 1.55. The maximum Gasteiger partial charge on any atom is 0.223 e. The first kappa shape index (κ1) is 16.1. The number of carbonyl (C=O) groups is 1. The molecule has 0 bridgehead atoms. The lowest BCUT2D eigenvalue weighted by Gasteiger charge is -2.32. The average molecular weight is 333 g/mol. The second-order valence-electron chi connectivity index (χ2n) is 6.23. The Morgan fingerprint density at radius 1 is 1.52 bits per heavy atom. The summed E-state index contributed by atoms with van der Waals surface area (Å²) in [6.45, 7) is 4.56. The Hall–Kier alpha value is -1.73. The number of hydrogen-bond acceptors (Lipinski definition) is 5. The number of nitrogens with zero attached hydrogens (tertiary/aromatic N) is 4. The molecule has 2 aromatic heterocycles. The van der Waals surface area contributed by atoms with Gasteiger partial charge in [0.05, 0.1) is 5.69 Å². The van der Waals surface area contributed by atoms with Crippen LogP contribution in [0.3, 0.4) is 0 Å². The zero-order valence-electron chi connectivity index (χ0n) is 13.7. The van der Waals surface area contributed by atoms with Crippen molar-refractivity contribution in [3.8, 4) is 0 Å². The SMILES string of the molecule is CC(=O)Nc1nc(CN2CCC[C@@H](Cc3nccn3C)C2)cs1. The van der Waals surface area contributed by atoms with Crippen molar-refractivity contribution in [1.82, 2.24) is 19.4 Å². The Kier molecular flexibility index (Phi) is 5.07. The number of aryl methyl sites for hydroxylation is 1. The van der Waals surface area contributed by atoms with Crippen LogP contribution in [0.2, 0.25) is 0 Å². The second kappa shape index (κ2) is 7.23. The van der Waals surface area contributed by atoms with Crippen LogP contribution >= 0.6 is 11.3 Å². The van der Waals surface area contributed by atoms with E-state index in [0.717, 1.165) is 31.7 Å². The maximum absolute atomic E-state index is 11.1. The number of rotatable bonds is 5. The summed E-state index contributed by atoms with van der Waals surface area (Å²) >= 11 is 1.49. The van der Waals surface area contributed by atoms with Gasteiger partial charge in [0.2, 0.25) is 5.91 Å². The molecular formula is C16H23N5OS. The fraction of sp³-hybridized carbons (Fsp3) is 0.562. The van der Waals surface area contributed by atoms with Gasteiger partial charge in [0, 0.05) is 51.3 Å². The van der Waals surface area contributed by atoms with Gasteiger partial charge >= 0.3 is 0 Å². The molecule has 0 radical (unpaired) electrons. The molecular weight excluding hydrogens is 310 g/mol. The van der Waals surface area contributed by atoms with Crippen LogP contribution in [0.4, 0.5) is 5.13 Å². The van der Waals surface area contributed by atoms with Gasteiger partial charge in [-0.25, -0.2) is 9.97 Å². The highest BCUT2D eigenvalue weighted by Crippen LogP contribution is 2.23. The molecule has 1 atom stereocenters. The predicted molar refractivity (Wildman–Crippen MR) is 91.3 cm³/mol. The summed E-state index contributed by atoms with van der Waals surface area (Å²) in [6, 6.07) is 0. The normalized spacial score (nSPS) is 19.0. The van der Waals surface area contributed by atoms with Gasteiger partial charge in [0.15, 0.2) is 5.13 Å². The van der Waals surface area contributed by atoms with Crippen molar-refractivity contribution in [2.75, 3.05) is 18.4 Å². The average Bonchev–Trinajstić information content (AvgIpc) is 3.09. The highest BCUT2D eigenvalue weighted by molar-refractivity contribution is 7.13. The number of carbonyl (C=O) groups excluding carboxylic acids is 1. The van der Waals surface area contributed by atoms with E-state index >= 15 is 0 Å². The lowest BCUT2D eigenvalue weighted by Crippen LogP contribution is -2.36. The Morgan fingerprint density at radius 2 is 2.39 bits per heavy atom. The van der Waals surface area contributed by atoms with Crippen LogP contribution in [-0.4, -0.2) is 38.4 Å². The van der Waals surface area contributed by atoms with Crippen molar-refractivity contribution < 1.29 is 4.79 Å². The topological polar surface area (TPSA) is 63.1 Å². The lowest BCUT2D eigenvalue weighted by atomic mass is 9.94. The zero-order valence-corrected chi connectivity index (χ0v) is 14.5. The molecule has 3 rings (SSSR count). The third-order valence-electron chi connectivity index (χ3n) is 4.22. The van der Waals surface area contributed by atoms with Gasteiger partial charge < -0.3 is 9.88 Å². The zero-order chi connectivity index (χ0) is 16.2. The highest BCUT2D eigenvalue weighted by Gasteiger charge is 2.22. The van der Waals surface area contributed by atoms with Gasteiger partial charge in [-0.3, -0.25) is 9.69 Å². The van der Waals surface area contributed by atoms with Crippen LogP contribution in [0.15, 0.2) is 17.8 Å². The minimum Gasteiger partial charge on any atom is -0.338 e. The molecule has 7 heteroatoms. The molecule has 23 heavy (non-hydrogen) atoms. The fourth-order valence-corrected chi connectivity index (χ4v) is 3.88. The van der Waals surface area contributed by atoms with Crippen molar-refractivity contribution in [3.63, 3.8) is 0 Å². The number of anilines is 1. The number of nitrogens with one attached hydrogen (secondary N) is 1. The summed E-state index contributed by atoms with van der Waals surface area (Å²) in [7, 11) is 2.06. The lowest BCUT2D eigenvalue weighted by molar-refractivity contribution is -0.114. The molecule has 2 aromatic rings. The molecule has 3 heterocycles. The third kappa shape index (κ3) is 4.39. The molecule has 1 saturated heterocycles. The van der Waals surface area contributed by atoms with Crippen molar-refractivity contribution in [2.24, 2.45) is 13.0 Å². The first-order chi connectivity index (χ1) is 11.1. The molecule has 0 aromatic carbocycles. The van der Waals surface area contributed by atoms with Gasteiger partial charge in [-0.15, -0.1) is 11.3 Å². The summed E-state index contributed by atoms with van der Waals surface area (Å²) in [5.74, 6) is 1.75. The molecule has 0 spiro atoms. The molecule has 124 valence electrons. The molecule has 0 aliphatic carbocycles. The van der Waals surface area contributed by atoms with Gasteiger partial charge in [0.1, 0.15) is 5.82 Å². The molecule has 1 aliphatic rings. The van der Waals surface area contributed by atoms with Crippen LogP contribution in [0.25, 0.3) is 0 Å². The quantitative estimate of drug-likeness (QED) is 0.912. The van der Waals surface area contributed by atoms with Crippen molar-refractivity contribution >= 4 is 22.4 Å².